The van der Waals surface area contributed by atoms with Crippen LogP contribution in [0.5, 0.6) is 0 Å². The molecule has 12 heavy (non-hydrogen) atoms. The van der Waals surface area contributed by atoms with Crippen molar-refractivity contribution in [3.05, 3.63) is 33.8 Å². The third kappa shape index (κ3) is 1.29. The lowest BCUT2D eigenvalue weighted by Crippen LogP contribution is -1.89. The molecule has 0 fully saturated rings. The molecule has 0 aliphatic rings. The first-order valence-electron chi connectivity index (χ1n) is 3.65. The first kappa shape index (κ1) is 7.91. The predicted octanol–water partition coefficient (Wildman–Crippen LogP) is 2.54. The molecule has 1 aromatic heterocycles. The van der Waals surface area contributed by atoms with E-state index >= 15 is 0 Å². The Morgan fingerprint density at radius 2 is 2.17 bits per heavy atom. The van der Waals surface area contributed by atoms with Crippen molar-refractivity contribution in [3.8, 4) is 0 Å². The van der Waals surface area contributed by atoms with Gasteiger partial charge in [-0.1, -0.05) is 18.2 Å². The van der Waals surface area contributed by atoms with Gasteiger partial charge in [0.15, 0.2) is 3.83 Å². The Morgan fingerprint density at radius 1 is 1.33 bits per heavy atom. The van der Waals surface area contributed by atoms with Crippen LogP contribution in [0.1, 0.15) is 5.56 Å². The second-order valence-electron chi connectivity index (χ2n) is 2.65. The third-order valence-corrected chi connectivity index (χ3v) is 2.30. The number of aryl methyl sites for hydroxylation is 1. The summed E-state index contributed by atoms with van der Waals surface area (Å²) in [7, 11) is 0. The fraction of sp³-hybridized carbons (Fsp3) is 0.111. The Balaban J connectivity index is 2.88. The lowest BCUT2D eigenvalue weighted by atomic mass is 10.2. The molecule has 1 aromatic carbocycles. The van der Waals surface area contributed by atoms with Gasteiger partial charge in [-0.15, -0.1) is 0 Å². The van der Waals surface area contributed by atoms with Gasteiger partial charge in [-0.05, 0) is 12.5 Å². The minimum absolute atomic E-state index is 0.800. The molecule has 2 rings (SSSR count). The molecule has 0 saturated heterocycles. The van der Waals surface area contributed by atoms with Crippen LogP contribution >= 0.6 is 22.6 Å². The number of halogens is 1. The zero-order chi connectivity index (χ0) is 8.55. The smallest absolute Gasteiger partial charge is 0.191 e. The van der Waals surface area contributed by atoms with Crippen LogP contribution in [0.2, 0.25) is 0 Å². The van der Waals surface area contributed by atoms with Crippen LogP contribution in [0.4, 0.5) is 0 Å². The molecular formula is C9H7IN2. The van der Waals surface area contributed by atoms with Gasteiger partial charge in [0.25, 0.3) is 0 Å². The van der Waals surface area contributed by atoms with Crippen LogP contribution in [0.25, 0.3) is 10.9 Å². The van der Waals surface area contributed by atoms with E-state index in [0.717, 1.165) is 14.7 Å². The molecule has 2 aromatic rings. The summed E-state index contributed by atoms with van der Waals surface area (Å²) >= 11 is 2.12. The summed E-state index contributed by atoms with van der Waals surface area (Å²) < 4.78 is 0.800. The summed E-state index contributed by atoms with van der Waals surface area (Å²) in [5, 5.41) is 1.11. The molecule has 1 heterocycles. The maximum absolute atomic E-state index is 4.35. The van der Waals surface area contributed by atoms with Crippen LogP contribution in [0.3, 0.4) is 0 Å². The summed E-state index contributed by atoms with van der Waals surface area (Å²) in [6.45, 7) is 2.06. The van der Waals surface area contributed by atoms with Gasteiger partial charge in [0.2, 0.25) is 0 Å². The fourth-order valence-electron chi connectivity index (χ4n) is 1.18. The number of benzene rings is 1. The summed E-state index contributed by atoms with van der Waals surface area (Å²) in [6.07, 6.45) is 1.86. The van der Waals surface area contributed by atoms with E-state index < -0.39 is 0 Å². The van der Waals surface area contributed by atoms with E-state index in [9.17, 15) is 0 Å². The van der Waals surface area contributed by atoms with E-state index in [2.05, 4.69) is 45.5 Å². The standard InChI is InChI=1S/C9H7IN2/c1-6-3-2-4-7-5-11-9(10)12-8(6)7/h2-5H,1H3. The zero-order valence-electron chi connectivity index (χ0n) is 6.58. The predicted molar refractivity (Wildman–Crippen MR) is 57.0 cm³/mol. The summed E-state index contributed by atoms with van der Waals surface area (Å²) in [4.78, 5) is 8.47. The molecule has 0 aliphatic carbocycles. The van der Waals surface area contributed by atoms with Crippen molar-refractivity contribution >= 4 is 33.5 Å². The number of hydrogen-bond acceptors (Lipinski definition) is 2. The highest BCUT2D eigenvalue weighted by Crippen LogP contribution is 2.14. The first-order valence-corrected chi connectivity index (χ1v) is 4.73. The molecule has 2 nitrogen and oxygen atoms in total. The van der Waals surface area contributed by atoms with Crippen molar-refractivity contribution in [2.24, 2.45) is 0 Å². The fourth-order valence-corrected chi connectivity index (χ4v) is 1.56. The Hall–Kier alpha value is -0.710. The number of nitrogens with zero attached hydrogens (tertiary/aromatic N) is 2. The van der Waals surface area contributed by atoms with Crippen molar-refractivity contribution in [2.75, 3.05) is 0 Å². The van der Waals surface area contributed by atoms with Crippen LogP contribution < -0.4 is 0 Å². The molecule has 0 bridgehead atoms. The molecule has 0 N–H and O–H groups in total. The van der Waals surface area contributed by atoms with Crippen LogP contribution in [0.15, 0.2) is 24.4 Å². The van der Waals surface area contributed by atoms with E-state index in [0.29, 0.717) is 0 Å². The number of fused-ring (bicyclic) bond motifs is 1. The summed E-state index contributed by atoms with van der Waals surface area (Å²) in [5.41, 5.74) is 2.25. The van der Waals surface area contributed by atoms with Crippen molar-refractivity contribution in [1.29, 1.82) is 0 Å². The maximum Gasteiger partial charge on any atom is 0.191 e. The normalized spacial score (nSPS) is 10.5. The van der Waals surface area contributed by atoms with Gasteiger partial charge in [0, 0.05) is 34.2 Å². The van der Waals surface area contributed by atoms with Gasteiger partial charge in [0.05, 0.1) is 5.52 Å². The van der Waals surface area contributed by atoms with Crippen molar-refractivity contribution in [1.82, 2.24) is 9.97 Å². The third-order valence-electron chi connectivity index (χ3n) is 1.78. The molecule has 0 radical (unpaired) electrons. The van der Waals surface area contributed by atoms with Gasteiger partial charge in [0.1, 0.15) is 0 Å². The first-order chi connectivity index (χ1) is 5.77. The van der Waals surface area contributed by atoms with E-state index in [4.69, 9.17) is 0 Å². The minimum atomic E-state index is 0.800. The Labute approximate surface area is 84.2 Å². The Kier molecular flexibility index (Phi) is 1.96. The maximum atomic E-state index is 4.35. The van der Waals surface area contributed by atoms with Gasteiger partial charge < -0.3 is 0 Å². The Bertz CT molecular complexity index is 426. The lowest BCUT2D eigenvalue weighted by Gasteiger charge is -1.99. The van der Waals surface area contributed by atoms with E-state index in [-0.39, 0.29) is 0 Å². The summed E-state index contributed by atoms with van der Waals surface area (Å²) in [5.74, 6) is 0. The Morgan fingerprint density at radius 3 is 3.00 bits per heavy atom. The van der Waals surface area contributed by atoms with E-state index in [1.54, 1.807) is 0 Å². The van der Waals surface area contributed by atoms with Gasteiger partial charge in [-0.25, -0.2) is 9.97 Å². The van der Waals surface area contributed by atoms with Gasteiger partial charge >= 0.3 is 0 Å². The molecular weight excluding hydrogens is 263 g/mol. The number of para-hydroxylation sites is 1. The second kappa shape index (κ2) is 2.97. The van der Waals surface area contributed by atoms with Crippen molar-refractivity contribution in [3.63, 3.8) is 0 Å². The molecule has 0 saturated carbocycles. The monoisotopic (exact) mass is 270 g/mol. The van der Waals surface area contributed by atoms with Crippen molar-refractivity contribution < 1.29 is 0 Å². The topological polar surface area (TPSA) is 25.8 Å². The largest absolute Gasteiger partial charge is 0.231 e. The molecule has 60 valence electrons. The van der Waals surface area contributed by atoms with Crippen molar-refractivity contribution in [2.45, 2.75) is 6.92 Å². The highest BCUT2D eigenvalue weighted by atomic mass is 127. The van der Waals surface area contributed by atoms with Gasteiger partial charge in [-0.3, -0.25) is 0 Å². The van der Waals surface area contributed by atoms with Crippen LogP contribution in [0, 0.1) is 10.8 Å². The van der Waals surface area contributed by atoms with Crippen LogP contribution in [-0.2, 0) is 0 Å². The second-order valence-corrected chi connectivity index (χ2v) is 3.62. The quantitative estimate of drug-likeness (QED) is 0.543. The van der Waals surface area contributed by atoms with Gasteiger partial charge in [-0.2, -0.15) is 0 Å². The lowest BCUT2D eigenvalue weighted by molar-refractivity contribution is 1.15. The molecule has 0 amide bonds. The number of aromatic nitrogens is 2. The van der Waals surface area contributed by atoms with E-state index in [1.165, 1.54) is 5.56 Å². The minimum Gasteiger partial charge on any atom is -0.231 e. The number of hydrogen-bond donors (Lipinski definition) is 0. The van der Waals surface area contributed by atoms with E-state index in [1.807, 2.05) is 18.3 Å². The average molecular weight is 270 g/mol. The highest BCUT2D eigenvalue weighted by Gasteiger charge is 1.98. The molecule has 0 spiro atoms. The zero-order valence-corrected chi connectivity index (χ0v) is 8.74. The molecule has 0 unspecified atom stereocenters. The molecule has 0 atom stereocenters. The highest BCUT2D eigenvalue weighted by molar-refractivity contribution is 14.1. The van der Waals surface area contributed by atoms with Crippen LogP contribution in [-0.4, -0.2) is 9.97 Å². The average Bonchev–Trinajstić information content (AvgIpc) is 2.07. The summed E-state index contributed by atoms with van der Waals surface area (Å²) in [6, 6.07) is 6.11. The molecule has 0 aliphatic heterocycles. The SMILES string of the molecule is Cc1cccc2cnc(I)nc12. The molecule has 3 heteroatoms. The number of rotatable bonds is 0.